The Morgan fingerprint density at radius 3 is 2.53 bits per heavy atom. The van der Waals surface area contributed by atoms with Crippen LogP contribution in [0.5, 0.6) is 0 Å². The third-order valence-electron chi connectivity index (χ3n) is 3.96. The Morgan fingerprint density at radius 2 is 1.87 bits per heavy atom. The highest BCUT2D eigenvalue weighted by molar-refractivity contribution is 9.09. The smallest absolute Gasteiger partial charge is 0.0145 e. The maximum atomic E-state index is 3.80. The van der Waals surface area contributed by atoms with Gasteiger partial charge in [-0.1, -0.05) is 61.9 Å². The van der Waals surface area contributed by atoms with Gasteiger partial charge in [0.05, 0.1) is 0 Å². The third kappa shape index (κ3) is 5.38. The Kier molecular flexibility index (Phi) is 6.96. The summed E-state index contributed by atoms with van der Waals surface area (Å²) in [7, 11) is 0. The van der Waals surface area contributed by atoms with Crippen LogP contribution in [0.4, 0.5) is 0 Å². The van der Waals surface area contributed by atoms with E-state index in [0.717, 1.165) is 16.7 Å². The van der Waals surface area contributed by atoms with Crippen LogP contribution in [-0.2, 0) is 0 Å². The molecule has 0 N–H and O–H groups in total. The summed E-state index contributed by atoms with van der Waals surface area (Å²) in [6, 6.07) is 0. The van der Waals surface area contributed by atoms with Gasteiger partial charge in [0, 0.05) is 4.83 Å². The number of rotatable bonds is 6. The van der Waals surface area contributed by atoms with Crippen LogP contribution in [0, 0.1) is 11.8 Å². The van der Waals surface area contributed by atoms with E-state index in [2.05, 4.69) is 29.8 Å². The number of hydrogen-bond acceptors (Lipinski definition) is 0. The Bertz CT molecular complexity index is 155. The monoisotopic (exact) mass is 274 g/mol. The molecule has 1 rings (SSSR count). The summed E-state index contributed by atoms with van der Waals surface area (Å²) >= 11 is 3.80. The molecule has 3 atom stereocenters. The fraction of sp³-hybridized carbons (Fsp3) is 1.00. The molecule has 0 heterocycles. The molecule has 0 radical (unpaired) electrons. The lowest BCUT2D eigenvalue weighted by atomic mass is 9.78. The van der Waals surface area contributed by atoms with E-state index in [4.69, 9.17) is 0 Å². The van der Waals surface area contributed by atoms with Gasteiger partial charge in [0.25, 0.3) is 0 Å². The van der Waals surface area contributed by atoms with Gasteiger partial charge in [-0.2, -0.15) is 0 Å². The zero-order valence-electron chi connectivity index (χ0n) is 10.5. The van der Waals surface area contributed by atoms with E-state index >= 15 is 0 Å². The van der Waals surface area contributed by atoms with Crippen LogP contribution >= 0.6 is 15.9 Å². The second-order valence-electron chi connectivity index (χ2n) is 5.27. The summed E-state index contributed by atoms with van der Waals surface area (Å²) in [6.45, 7) is 4.64. The van der Waals surface area contributed by atoms with Crippen LogP contribution in [0.1, 0.15) is 71.6 Å². The summed E-state index contributed by atoms with van der Waals surface area (Å²) in [5, 5.41) is 0. The van der Waals surface area contributed by atoms with E-state index in [9.17, 15) is 0 Å². The van der Waals surface area contributed by atoms with Gasteiger partial charge in [0.2, 0.25) is 0 Å². The van der Waals surface area contributed by atoms with Crippen LogP contribution < -0.4 is 0 Å². The maximum Gasteiger partial charge on any atom is 0.0145 e. The van der Waals surface area contributed by atoms with E-state index < -0.39 is 0 Å². The standard InChI is InChI=1S/C14H27Br/c1-3-6-14(15)10-9-13-8-5-7-12(4-2)11-13/h12-14H,3-11H2,1-2H3. The van der Waals surface area contributed by atoms with E-state index in [1.54, 1.807) is 0 Å². The molecule has 15 heavy (non-hydrogen) atoms. The zero-order valence-corrected chi connectivity index (χ0v) is 12.1. The predicted octanol–water partition coefficient (Wildman–Crippen LogP) is 5.55. The first-order valence-corrected chi connectivity index (χ1v) is 7.81. The zero-order chi connectivity index (χ0) is 11.1. The fourth-order valence-corrected chi connectivity index (χ4v) is 3.63. The first-order valence-electron chi connectivity index (χ1n) is 6.90. The molecule has 0 spiro atoms. The predicted molar refractivity (Wildman–Crippen MR) is 72.6 cm³/mol. The normalized spacial score (nSPS) is 29.0. The number of halogens is 1. The summed E-state index contributed by atoms with van der Waals surface area (Å²) in [6.07, 6.45) is 12.9. The Balaban J connectivity index is 2.14. The molecule has 0 bridgehead atoms. The minimum atomic E-state index is 0.782. The van der Waals surface area contributed by atoms with E-state index in [0.29, 0.717) is 0 Å². The topological polar surface area (TPSA) is 0 Å². The molecule has 0 aromatic heterocycles. The lowest BCUT2D eigenvalue weighted by Crippen LogP contribution is -2.16. The van der Waals surface area contributed by atoms with Gasteiger partial charge in [-0.15, -0.1) is 0 Å². The van der Waals surface area contributed by atoms with Crippen LogP contribution in [0.2, 0.25) is 0 Å². The highest BCUT2D eigenvalue weighted by Crippen LogP contribution is 2.34. The maximum absolute atomic E-state index is 3.80. The number of hydrogen-bond donors (Lipinski definition) is 0. The first-order chi connectivity index (χ1) is 7.26. The second-order valence-corrected chi connectivity index (χ2v) is 6.57. The molecular weight excluding hydrogens is 248 g/mol. The van der Waals surface area contributed by atoms with Crippen molar-refractivity contribution in [2.24, 2.45) is 11.8 Å². The van der Waals surface area contributed by atoms with Crippen molar-refractivity contribution in [3.63, 3.8) is 0 Å². The van der Waals surface area contributed by atoms with Crippen LogP contribution in [0.15, 0.2) is 0 Å². The van der Waals surface area contributed by atoms with Gasteiger partial charge in [-0.05, 0) is 37.5 Å². The average Bonchev–Trinajstić information content (AvgIpc) is 2.27. The van der Waals surface area contributed by atoms with Crippen molar-refractivity contribution in [2.45, 2.75) is 76.5 Å². The molecule has 1 heteroatoms. The molecule has 1 aliphatic rings. The minimum absolute atomic E-state index is 0.782. The number of alkyl halides is 1. The minimum Gasteiger partial charge on any atom is -0.0891 e. The van der Waals surface area contributed by atoms with Crippen LogP contribution in [-0.4, -0.2) is 4.83 Å². The van der Waals surface area contributed by atoms with E-state index in [1.807, 2.05) is 0 Å². The lowest BCUT2D eigenvalue weighted by molar-refractivity contribution is 0.245. The van der Waals surface area contributed by atoms with Gasteiger partial charge in [0.1, 0.15) is 0 Å². The van der Waals surface area contributed by atoms with Crippen molar-refractivity contribution in [3.8, 4) is 0 Å². The van der Waals surface area contributed by atoms with Gasteiger partial charge < -0.3 is 0 Å². The molecule has 90 valence electrons. The summed E-state index contributed by atoms with van der Waals surface area (Å²) in [5.41, 5.74) is 0. The van der Waals surface area contributed by atoms with Crippen molar-refractivity contribution < 1.29 is 0 Å². The molecule has 0 aromatic rings. The van der Waals surface area contributed by atoms with Gasteiger partial charge in [0.15, 0.2) is 0 Å². The lowest BCUT2D eigenvalue weighted by Gasteiger charge is -2.28. The molecule has 0 aliphatic heterocycles. The molecule has 1 fully saturated rings. The quantitative estimate of drug-likeness (QED) is 0.558. The summed E-state index contributed by atoms with van der Waals surface area (Å²) < 4.78 is 0. The Morgan fingerprint density at radius 1 is 1.13 bits per heavy atom. The fourth-order valence-electron chi connectivity index (χ4n) is 2.91. The summed E-state index contributed by atoms with van der Waals surface area (Å²) in [4.78, 5) is 0.782. The van der Waals surface area contributed by atoms with Gasteiger partial charge in [-0.25, -0.2) is 0 Å². The van der Waals surface area contributed by atoms with Crippen molar-refractivity contribution in [1.29, 1.82) is 0 Å². The van der Waals surface area contributed by atoms with E-state index in [1.165, 1.54) is 57.8 Å². The molecule has 0 nitrogen and oxygen atoms in total. The molecule has 0 saturated heterocycles. The van der Waals surface area contributed by atoms with Gasteiger partial charge >= 0.3 is 0 Å². The SMILES string of the molecule is CCCC(Br)CCC1CCCC(CC)C1. The second kappa shape index (κ2) is 7.70. The molecule has 3 unspecified atom stereocenters. The highest BCUT2D eigenvalue weighted by atomic mass is 79.9. The van der Waals surface area contributed by atoms with Crippen LogP contribution in [0.25, 0.3) is 0 Å². The highest BCUT2D eigenvalue weighted by Gasteiger charge is 2.20. The Labute approximate surface area is 104 Å². The van der Waals surface area contributed by atoms with Crippen LogP contribution in [0.3, 0.4) is 0 Å². The Hall–Kier alpha value is 0.480. The van der Waals surface area contributed by atoms with Gasteiger partial charge in [-0.3, -0.25) is 0 Å². The third-order valence-corrected chi connectivity index (χ3v) is 4.87. The molecule has 1 aliphatic carbocycles. The van der Waals surface area contributed by atoms with E-state index in [-0.39, 0.29) is 0 Å². The van der Waals surface area contributed by atoms with Crippen molar-refractivity contribution in [2.75, 3.05) is 0 Å². The molecule has 0 aromatic carbocycles. The van der Waals surface area contributed by atoms with Crippen molar-refractivity contribution in [1.82, 2.24) is 0 Å². The largest absolute Gasteiger partial charge is 0.0891 e. The molecular formula is C14H27Br. The van der Waals surface area contributed by atoms with Crippen molar-refractivity contribution >= 4 is 15.9 Å². The first kappa shape index (κ1) is 13.5. The average molecular weight is 275 g/mol. The summed E-state index contributed by atoms with van der Waals surface area (Å²) in [5.74, 6) is 2.09. The molecule has 0 amide bonds. The van der Waals surface area contributed by atoms with Crippen molar-refractivity contribution in [3.05, 3.63) is 0 Å². The molecule has 1 saturated carbocycles.